The minimum atomic E-state index is 0.498. The number of hydrogen-bond acceptors (Lipinski definition) is 1. The van der Waals surface area contributed by atoms with Gasteiger partial charge in [-0.1, -0.05) is 24.6 Å². The Kier molecular flexibility index (Phi) is 2.80. The van der Waals surface area contributed by atoms with Crippen molar-refractivity contribution in [2.75, 3.05) is 6.54 Å². The van der Waals surface area contributed by atoms with Gasteiger partial charge in [-0.05, 0) is 54.5 Å². The minimum absolute atomic E-state index is 0.498. The second-order valence-electron chi connectivity index (χ2n) is 4.20. The van der Waals surface area contributed by atoms with Gasteiger partial charge in [0.1, 0.15) is 0 Å². The van der Waals surface area contributed by atoms with Gasteiger partial charge >= 0.3 is 0 Å². The molecule has 0 aliphatic heterocycles. The Hall–Kier alpha value is -0.530. The summed E-state index contributed by atoms with van der Waals surface area (Å²) in [6.07, 6.45) is 2.42. The number of aryl methyl sites for hydroxylation is 1. The summed E-state index contributed by atoms with van der Waals surface area (Å²) in [6, 6.07) is 6.21. The predicted octanol–water partition coefficient (Wildman–Crippen LogP) is 2.96. The van der Waals surface area contributed by atoms with E-state index in [4.69, 9.17) is 17.3 Å². The van der Waals surface area contributed by atoms with Crippen molar-refractivity contribution in [2.45, 2.75) is 25.7 Å². The first-order chi connectivity index (χ1) is 6.72. The molecule has 76 valence electrons. The van der Waals surface area contributed by atoms with Crippen LogP contribution < -0.4 is 5.73 Å². The van der Waals surface area contributed by atoms with E-state index < -0.39 is 0 Å². The average molecular weight is 210 g/mol. The van der Waals surface area contributed by atoms with E-state index in [1.54, 1.807) is 0 Å². The van der Waals surface area contributed by atoms with Crippen LogP contribution in [0.25, 0.3) is 0 Å². The smallest absolute Gasteiger partial charge is 0.0409 e. The Balaban J connectivity index is 2.43. The monoisotopic (exact) mass is 209 g/mol. The molecule has 0 saturated heterocycles. The molecule has 2 rings (SSSR count). The van der Waals surface area contributed by atoms with Crippen molar-refractivity contribution in [3.8, 4) is 0 Å². The van der Waals surface area contributed by atoms with Crippen molar-refractivity contribution in [3.05, 3.63) is 34.3 Å². The van der Waals surface area contributed by atoms with Crippen molar-refractivity contribution in [3.63, 3.8) is 0 Å². The van der Waals surface area contributed by atoms with E-state index in [1.807, 2.05) is 6.07 Å². The van der Waals surface area contributed by atoms with Gasteiger partial charge in [0.25, 0.3) is 0 Å². The Bertz CT molecular complexity index is 335. The van der Waals surface area contributed by atoms with Gasteiger partial charge in [-0.3, -0.25) is 0 Å². The van der Waals surface area contributed by atoms with Crippen molar-refractivity contribution in [2.24, 2.45) is 11.7 Å². The highest BCUT2D eigenvalue weighted by atomic mass is 35.5. The largest absolute Gasteiger partial charge is 0.330 e. The molecule has 0 bridgehead atoms. The van der Waals surface area contributed by atoms with Gasteiger partial charge in [0, 0.05) is 5.02 Å². The topological polar surface area (TPSA) is 26.0 Å². The van der Waals surface area contributed by atoms with Crippen LogP contribution in [0.1, 0.15) is 30.4 Å². The van der Waals surface area contributed by atoms with E-state index in [2.05, 4.69) is 19.1 Å². The van der Waals surface area contributed by atoms with E-state index in [0.29, 0.717) is 11.8 Å². The maximum absolute atomic E-state index is 6.01. The number of hydrogen-bond donors (Lipinski definition) is 1. The normalized spacial score (nSPS) is 25.9. The lowest BCUT2D eigenvalue weighted by Crippen LogP contribution is -2.25. The van der Waals surface area contributed by atoms with Crippen molar-refractivity contribution in [1.82, 2.24) is 0 Å². The van der Waals surface area contributed by atoms with Crippen LogP contribution in [0.5, 0.6) is 0 Å². The highest BCUT2D eigenvalue weighted by Gasteiger charge is 2.25. The first-order valence-corrected chi connectivity index (χ1v) is 5.58. The fourth-order valence-corrected chi connectivity index (χ4v) is 2.57. The van der Waals surface area contributed by atoms with Gasteiger partial charge in [0.2, 0.25) is 0 Å². The van der Waals surface area contributed by atoms with E-state index in [-0.39, 0.29) is 0 Å². The average Bonchev–Trinajstić information content (AvgIpc) is 2.17. The molecule has 2 unspecified atom stereocenters. The van der Waals surface area contributed by atoms with Crippen molar-refractivity contribution in [1.29, 1.82) is 0 Å². The summed E-state index contributed by atoms with van der Waals surface area (Å²) in [5, 5.41) is 0.830. The zero-order chi connectivity index (χ0) is 10.1. The fraction of sp³-hybridized carbons (Fsp3) is 0.500. The lowest BCUT2D eigenvalue weighted by atomic mass is 9.76. The molecular formula is C12H16ClN. The van der Waals surface area contributed by atoms with E-state index in [1.165, 1.54) is 24.0 Å². The molecule has 0 heterocycles. The van der Waals surface area contributed by atoms with Gasteiger partial charge in [-0.2, -0.15) is 0 Å². The first kappa shape index (κ1) is 10.0. The highest BCUT2D eigenvalue weighted by Crippen LogP contribution is 2.36. The molecule has 1 aromatic rings. The molecule has 1 aromatic carbocycles. The zero-order valence-corrected chi connectivity index (χ0v) is 9.22. The zero-order valence-electron chi connectivity index (χ0n) is 8.46. The lowest BCUT2D eigenvalue weighted by Gasteiger charge is -2.30. The fourth-order valence-electron chi connectivity index (χ4n) is 2.39. The van der Waals surface area contributed by atoms with Crippen LogP contribution in [-0.2, 0) is 6.42 Å². The third kappa shape index (κ3) is 1.67. The molecule has 1 aliphatic rings. The predicted molar refractivity (Wildman–Crippen MR) is 60.7 cm³/mol. The van der Waals surface area contributed by atoms with E-state index in [9.17, 15) is 0 Å². The Morgan fingerprint density at radius 3 is 3.00 bits per heavy atom. The Labute approximate surface area is 90.3 Å². The third-order valence-electron chi connectivity index (χ3n) is 3.32. The standard InChI is InChI=1S/C12H16ClN/c1-8-2-3-9-4-5-10(13)6-11(9)12(8)7-14/h4-6,8,12H,2-3,7,14H2,1H3. The summed E-state index contributed by atoms with van der Waals surface area (Å²) < 4.78 is 0. The van der Waals surface area contributed by atoms with Crippen molar-refractivity contribution < 1.29 is 0 Å². The lowest BCUT2D eigenvalue weighted by molar-refractivity contribution is 0.408. The second-order valence-corrected chi connectivity index (χ2v) is 4.64. The molecule has 0 aromatic heterocycles. The van der Waals surface area contributed by atoms with Crippen LogP contribution >= 0.6 is 11.6 Å². The van der Waals surface area contributed by atoms with E-state index >= 15 is 0 Å². The summed E-state index contributed by atoms with van der Waals surface area (Å²) in [5.74, 6) is 1.18. The molecular weight excluding hydrogens is 194 g/mol. The molecule has 0 radical (unpaired) electrons. The highest BCUT2D eigenvalue weighted by molar-refractivity contribution is 6.30. The van der Waals surface area contributed by atoms with Gasteiger partial charge in [0.15, 0.2) is 0 Å². The van der Waals surface area contributed by atoms with Gasteiger partial charge in [0.05, 0.1) is 0 Å². The number of fused-ring (bicyclic) bond motifs is 1. The second kappa shape index (κ2) is 3.92. The maximum atomic E-state index is 6.01. The first-order valence-electron chi connectivity index (χ1n) is 5.20. The summed E-state index contributed by atoms with van der Waals surface area (Å²) in [5.41, 5.74) is 8.62. The van der Waals surface area contributed by atoms with Crippen LogP contribution in [-0.4, -0.2) is 6.54 Å². The SMILES string of the molecule is CC1CCc2ccc(Cl)cc2C1CN. The van der Waals surface area contributed by atoms with Crippen LogP contribution in [0.3, 0.4) is 0 Å². The van der Waals surface area contributed by atoms with Crippen molar-refractivity contribution >= 4 is 11.6 Å². The molecule has 1 aliphatic carbocycles. The molecule has 2 atom stereocenters. The van der Waals surface area contributed by atoms with Crippen LogP contribution in [0.15, 0.2) is 18.2 Å². The van der Waals surface area contributed by atoms with Gasteiger partial charge in [-0.25, -0.2) is 0 Å². The van der Waals surface area contributed by atoms with Gasteiger partial charge in [-0.15, -0.1) is 0 Å². The van der Waals surface area contributed by atoms with Crippen LogP contribution in [0, 0.1) is 5.92 Å². The van der Waals surface area contributed by atoms with Crippen LogP contribution in [0.4, 0.5) is 0 Å². The summed E-state index contributed by atoms with van der Waals surface area (Å²) in [4.78, 5) is 0. The number of benzene rings is 1. The number of halogens is 1. The van der Waals surface area contributed by atoms with Crippen LogP contribution in [0.2, 0.25) is 5.02 Å². The molecule has 0 amide bonds. The quantitative estimate of drug-likeness (QED) is 0.756. The molecule has 14 heavy (non-hydrogen) atoms. The minimum Gasteiger partial charge on any atom is -0.330 e. The van der Waals surface area contributed by atoms with Gasteiger partial charge < -0.3 is 5.73 Å². The molecule has 2 N–H and O–H groups in total. The number of rotatable bonds is 1. The third-order valence-corrected chi connectivity index (χ3v) is 3.55. The number of nitrogens with two attached hydrogens (primary N) is 1. The summed E-state index contributed by atoms with van der Waals surface area (Å²) in [7, 11) is 0. The Morgan fingerprint density at radius 1 is 1.50 bits per heavy atom. The summed E-state index contributed by atoms with van der Waals surface area (Å²) in [6.45, 7) is 3.01. The molecule has 0 spiro atoms. The summed E-state index contributed by atoms with van der Waals surface area (Å²) >= 11 is 6.01. The molecule has 2 heteroatoms. The molecule has 0 saturated carbocycles. The Morgan fingerprint density at radius 2 is 2.29 bits per heavy atom. The maximum Gasteiger partial charge on any atom is 0.0409 e. The van der Waals surface area contributed by atoms with E-state index in [0.717, 1.165) is 11.6 Å². The molecule has 1 nitrogen and oxygen atoms in total. The molecule has 0 fully saturated rings.